The summed E-state index contributed by atoms with van der Waals surface area (Å²) in [4.78, 5) is 11.7. The van der Waals surface area contributed by atoms with Crippen molar-refractivity contribution in [2.45, 2.75) is 26.6 Å². The standard InChI is InChI=1S/C13H14ClN3O3/c1-8(2)19-12-15-11(14)16-13(17-12)20-10-6-4-3-5-9(10)7-18/h3-6,8,18H,7H2,1-2H3. The predicted molar refractivity (Wildman–Crippen MR) is 73.0 cm³/mol. The van der Waals surface area contributed by atoms with Gasteiger partial charge in [0.15, 0.2) is 0 Å². The van der Waals surface area contributed by atoms with Crippen molar-refractivity contribution < 1.29 is 14.6 Å². The Balaban J connectivity index is 2.26. The molecule has 0 unspecified atom stereocenters. The SMILES string of the molecule is CC(C)Oc1nc(Cl)nc(Oc2ccccc2CO)n1. The van der Waals surface area contributed by atoms with Gasteiger partial charge < -0.3 is 14.6 Å². The fourth-order valence-electron chi connectivity index (χ4n) is 1.46. The van der Waals surface area contributed by atoms with Gasteiger partial charge in [-0.3, -0.25) is 0 Å². The minimum Gasteiger partial charge on any atom is -0.461 e. The summed E-state index contributed by atoms with van der Waals surface area (Å²) in [5.74, 6) is 0.452. The van der Waals surface area contributed by atoms with Crippen LogP contribution in [0.5, 0.6) is 17.8 Å². The lowest BCUT2D eigenvalue weighted by Crippen LogP contribution is -2.09. The van der Waals surface area contributed by atoms with E-state index in [1.807, 2.05) is 13.8 Å². The van der Waals surface area contributed by atoms with Crippen molar-refractivity contribution in [1.29, 1.82) is 0 Å². The lowest BCUT2D eigenvalue weighted by Gasteiger charge is -2.10. The zero-order valence-corrected chi connectivity index (χ0v) is 11.8. The predicted octanol–water partition coefficient (Wildman–Crippen LogP) is 2.60. The molecule has 0 saturated heterocycles. The molecule has 0 amide bonds. The molecule has 0 aliphatic heterocycles. The summed E-state index contributed by atoms with van der Waals surface area (Å²) < 4.78 is 10.9. The van der Waals surface area contributed by atoms with E-state index in [1.54, 1.807) is 24.3 Å². The summed E-state index contributed by atoms with van der Waals surface area (Å²) in [6.07, 6.45) is -0.0916. The summed E-state index contributed by atoms with van der Waals surface area (Å²) >= 11 is 5.80. The zero-order chi connectivity index (χ0) is 14.5. The first kappa shape index (κ1) is 14.5. The lowest BCUT2D eigenvalue weighted by molar-refractivity contribution is 0.218. The summed E-state index contributed by atoms with van der Waals surface area (Å²) in [5, 5.41) is 9.22. The van der Waals surface area contributed by atoms with Gasteiger partial charge in [-0.1, -0.05) is 18.2 Å². The highest BCUT2D eigenvalue weighted by Crippen LogP contribution is 2.24. The molecular formula is C13H14ClN3O3. The average Bonchev–Trinajstić information content (AvgIpc) is 2.37. The number of hydrogen-bond acceptors (Lipinski definition) is 6. The Hall–Kier alpha value is -1.92. The highest BCUT2D eigenvalue weighted by molar-refractivity contribution is 6.28. The Morgan fingerprint density at radius 2 is 1.85 bits per heavy atom. The second kappa shape index (κ2) is 6.49. The van der Waals surface area contributed by atoms with Crippen LogP contribution in [0.25, 0.3) is 0 Å². The summed E-state index contributed by atoms with van der Waals surface area (Å²) in [6.45, 7) is 3.54. The normalized spacial score (nSPS) is 10.7. The number of halogens is 1. The lowest BCUT2D eigenvalue weighted by atomic mass is 10.2. The zero-order valence-electron chi connectivity index (χ0n) is 11.1. The molecule has 0 aliphatic rings. The van der Waals surface area contributed by atoms with Crippen LogP contribution in [0.1, 0.15) is 19.4 Å². The highest BCUT2D eigenvalue weighted by atomic mass is 35.5. The van der Waals surface area contributed by atoms with Crippen LogP contribution in [-0.2, 0) is 6.61 Å². The molecule has 0 spiro atoms. The minimum atomic E-state index is -0.148. The number of para-hydroxylation sites is 1. The van der Waals surface area contributed by atoms with Crippen LogP contribution in [0, 0.1) is 0 Å². The van der Waals surface area contributed by atoms with Crippen LogP contribution >= 0.6 is 11.6 Å². The molecule has 0 bridgehead atoms. The molecule has 0 aliphatic carbocycles. The number of aliphatic hydroxyl groups excluding tert-OH is 1. The molecule has 1 aromatic carbocycles. The van der Waals surface area contributed by atoms with Crippen LogP contribution in [-0.4, -0.2) is 26.2 Å². The third-order valence-electron chi connectivity index (χ3n) is 2.25. The van der Waals surface area contributed by atoms with Gasteiger partial charge in [0.05, 0.1) is 12.7 Å². The molecule has 1 N–H and O–H groups in total. The molecule has 1 aromatic heterocycles. The number of aliphatic hydroxyl groups is 1. The number of benzene rings is 1. The van der Waals surface area contributed by atoms with Crippen molar-refractivity contribution in [3.63, 3.8) is 0 Å². The number of rotatable bonds is 5. The van der Waals surface area contributed by atoms with E-state index in [-0.39, 0.29) is 30.0 Å². The van der Waals surface area contributed by atoms with E-state index in [0.717, 1.165) is 0 Å². The van der Waals surface area contributed by atoms with Crippen molar-refractivity contribution in [1.82, 2.24) is 15.0 Å². The minimum absolute atomic E-state index is 0.0153. The van der Waals surface area contributed by atoms with E-state index in [2.05, 4.69) is 15.0 Å². The van der Waals surface area contributed by atoms with E-state index in [1.165, 1.54) is 0 Å². The maximum absolute atomic E-state index is 9.24. The van der Waals surface area contributed by atoms with Crippen molar-refractivity contribution >= 4 is 11.6 Å². The topological polar surface area (TPSA) is 77.4 Å². The smallest absolute Gasteiger partial charge is 0.329 e. The molecule has 106 valence electrons. The van der Waals surface area contributed by atoms with Crippen LogP contribution < -0.4 is 9.47 Å². The molecule has 2 aromatic rings. The average molecular weight is 296 g/mol. The molecule has 6 nitrogen and oxygen atoms in total. The van der Waals surface area contributed by atoms with Gasteiger partial charge in [-0.2, -0.15) is 9.97 Å². The van der Waals surface area contributed by atoms with Crippen LogP contribution in [0.15, 0.2) is 24.3 Å². The van der Waals surface area contributed by atoms with Gasteiger partial charge in [0.1, 0.15) is 5.75 Å². The van der Waals surface area contributed by atoms with Crippen LogP contribution in [0.2, 0.25) is 5.28 Å². The number of aromatic nitrogens is 3. The van der Waals surface area contributed by atoms with Gasteiger partial charge in [0, 0.05) is 5.56 Å². The van der Waals surface area contributed by atoms with Gasteiger partial charge in [0.25, 0.3) is 0 Å². The third kappa shape index (κ3) is 3.79. The number of nitrogens with zero attached hydrogens (tertiary/aromatic N) is 3. The Morgan fingerprint density at radius 1 is 1.15 bits per heavy atom. The van der Waals surface area contributed by atoms with E-state index in [0.29, 0.717) is 11.3 Å². The van der Waals surface area contributed by atoms with Gasteiger partial charge >= 0.3 is 12.0 Å². The summed E-state index contributed by atoms with van der Waals surface area (Å²) in [7, 11) is 0. The first-order valence-corrected chi connectivity index (χ1v) is 6.41. The van der Waals surface area contributed by atoms with Gasteiger partial charge in [-0.05, 0) is 31.5 Å². The van der Waals surface area contributed by atoms with E-state index < -0.39 is 0 Å². The maximum atomic E-state index is 9.24. The second-order valence-electron chi connectivity index (χ2n) is 4.20. The molecule has 0 radical (unpaired) electrons. The molecule has 2 rings (SSSR count). The Kier molecular flexibility index (Phi) is 4.70. The second-order valence-corrected chi connectivity index (χ2v) is 4.54. The fraction of sp³-hybridized carbons (Fsp3) is 0.308. The molecule has 20 heavy (non-hydrogen) atoms. The molecule has 7 heteroatoms. The van der Waals surface area contributed by atoms with Crippen molar-refractivity contribution in [3.8, 4) is 17.8 Å². The van der Waals surface area contributed by atoms with Crippen molar-refractivity contribution in [2.24, 2.45) is 0 Å². The summed E-state index contributed by atoms with van der Waals surface area (Å²) in [5.41, 5.74) is 0.621. The quantitative estimate of drug-likeness (QED) is 0.913. The van der Waals surface area contributed by atoms with E-state index in [4.69, 9.17) is 21.1 Å². The van der Waals surface area contributed by atoms with Crippen molar-refractivity contribution in [2.75, 3.05) is 0 Å². The van der Waals surface area contributed by atoms with Crippen molar-refractivity contribution in [3.05, 3.63) is 35.1 Å². The Labute approximate surface area is 121 Å². The Bertz CT molecular complexity index is 593. The third-order valence-corrected chi connectivity index (χ3v) is 2.42. The highest BCUT2D eigenvalue weighted by Gasteiger charge is 2.11. The maximum Gasteiger partial charge on any atom is 0.329 e. The first-order valence-electron chi connectivity index (χ1n) is 6.03. The summed E-state index contributed by atoms with van der Waals surface area (Å²) in [6, 6.07) is 7.13. The number of hydrogen-bond donors (Lipinski definition) is 1. The number of ether oxygens (including phenoxy) is 2. The van der Waals surface area contributed by atoms with Crippen LogP contribution in [0.4, 0.5) is 0 Å². The van der Waals surface area contributed by atoms with E-state index >= 15 is 0 Å². The van der Waals surface area contributed by atoms with Crippen LogP contribution in [0.3, 0.4) is 0 Å². The van der Waals surface area contributed by atoms with Gasteiger partial charge in [-0.25, -0.2) is 0 Å². The first-order chi connectivity index (χ1) is 9.58. The molecule has 0 saturated carbocycles. The molecular weight excluding hydrogens is 282 g/mol. The fourth-order valence-corrected chi connectivity index (χ4v) is 1.60. The molecule has 0 atom stereocenters. The monoisotopic (exact) mass is 295 g/mol. The largest absolute Gasteiger partial charge is 0.461 e. The molecule has 0 fully saturated rings. The van der Waals surface area contributed by atoms with E-state index in [9.17, 15) is 5.11 Å². The Morgan fingerprint density at radius 3 is 2.55 bits per heavy atom. The van der Waals surface area contributed by atoms with Gasteiger partial charge in [0.2, 0.25) is 5.28 Å². The van der Waals surface area contributed by atoms with Gasteiger partial charge in [-0.15, -0.1) is 4.98 Å². The molecule has 1 heterocycles.